The van der Waals surface area contributed by atoms with Gasteiger partial charge in [-0.1, -0.05) is 25.1 Å². The molecule has 2 heterocycles. The van der Waals surface area contributed by atoms with Crippen molar-refractivity contribution in [1.82, 2.24) is 4.98 Å². The molecule has 0 amide bonds. The van der Waals surface area contributed by atoms with Crippen LogP contribution in [0, 0.1) is 5.92 Å². The van der Waals surface area contributed by atoms with Crippen LogP contribution in [0.3, 0.4) is 0 Å². The van der Waals surface area contributed by atoms with Gasteiger partial charge in [0.1, 0.15) is 10.4 Å². The number of benzene rings is 1. The van der Waals surface area contributed by atoms with Crippen LogP contribution in [-0.2, 0) is 0 Å². The molecule has 1 aliphatic heterocycles. The van der Waals surface area contributed by atoms with Gasteiger partial charge in [-0.15, -0.1) is 0 Å². The quantitative estimate of drug-likeness (QED) is 0.849. The van der Waals surface area contributed by atoms with Gasteiger partial charge in [-0.2, -0.15) is 0 Å². The van der Waals surface area contributed by atoms with Crippen LogP contribution in [0.25, 0.3) is 0 Å². The van der Waals surface area contributed by atoms with E-state index in [1.54, 1.807) is 6.20 Å². The molecule has 3 rings (SSSR count). The van der Waals surface area contributed by atoms with E-state index in [2.05, 4.69) is 39.2 Å². The van der Waals surface area contributed by atoms with E-state index in [1.165, 1.54) is 5.56 Å². The molecular weight excluding hydrogens is 304 g/mol. The molecule has 3 nitrogen and oxygen atoms in total. The molecule has 2 aromatic rings. The molecule has 1 aliphatic rings. The van der Waals surface area contributed by atoms with E-state index in [0.717, 1.165) is 22.6 Å². The van der Waals surface area contributed by atoms with Gasteiger partial charge in [0, 0.05) is 17.7 Å². The minimum Gasteiger partial charge on any atom is -0.493 e. The normalized spacial score (nSPS) is 21.4. The smallest absolute Gasteiger partial charge is 0.129 e. The summed E-state index contributed by atoms with van der Waals surface area (Å²) in [6.07, 6.45) is 1.77. The van der Waals surface area contributed by atoms with Gasteiger partial charge in [-0.25, -0.2) is 4.98 Å². The number of hydrogen-bond donors (Lipinski definition) is 1. The summed E-state index contributed by atoms with van der Waals surface area (Å²) in [5, 5.41) is 3.57. The van der Waals surface area contributed by atoms with Crippen LogP contribution in [0.15, 0.2) is 47.2 Å². The Balaban J connectivity index is 1.94. The van der Waals surface area contributed by atoms with E-state index >= 15 is 0 Å². The Morgan fingerprint density at radius 3 is 2.95 bits per heavy atom. The zero-order valence-electron chi connectivity index (χ0n) is 10.6. The van der Waals surface area contributed by atoms with Crippen molar-refractivity contribution >= 4 is 21.6 Å². The summed E-state index contributed by atoms with van der Waals surface area (Å²) >= 11 is 3.48. The molecule has 98 valence electrons. The van der Waals surface area contributed by atoms with Gasteiger partial charge in [0.15, 0.2) is 0 Å². The molecule has 0 spiro atoms. The van der Waals surface area contributed by atoms with Crippen molar-refractivity contribution in [3.8, 4) is 5.75 Å². The number of ether oxygens (including phenoxy) is 1. The number of nitrogens with one attached hydrogen (secondary N) is 1. The molecule has 0 radical (unpaired) electrons. The first-order chi connectivity index (χ1) is 9.25. The third-order valence-electron chi connectivity index (χ3n) is 3.39. The maximum absolute atomic E-state index is 5.77. The third kappa shape index (κ3) is 2.45. The van der Waals surface area contributed by atoms with Gasteiger partial charge < -0.3 is 10.1 Å². The third-order valence-corrected chi connectivity index (χ3v) is 4.03. The molecule has 2 unspecified atom stereocenters. The Morgan fingerprint density at radius 1 is 1.26 bits per heavy atom. The minimum absolute atomic E-state index is 0.241. The zero-order chi connectivity index (χ0) is 13.2. The van der Waals surface area contributed by atoms with Crippen molar-refractivity contribution in [3.05, 3.63) is 52.8 Å². The molecule has 1 aromatic carbocycles. The van der Waals surface area contributed by atoms with Crippen molar-refractivity contribution in [2.45, 2.75) is 13.0 Å². The summed E-state index contributed by atoms with van der Waals surface area (Å²) in [6.45, 7) is 2.92. The Bertz CT molecular complexity index is 588. The molecular formula is C15H15BrN2O. The summed E-state index contributed by atoms with van der Waals surface area (Å²) in [5.41, 5.74) is 2.22. The fourth-order valence-electron chi connectivity index (χ4n) is 2.37. The lowest BCUT2D eigenvalue weighted by atomic mass is 9.92. The summed E-state index contributed by atoms with van der Waals surface area (Å²) in [4.78, 5) is 4.25. The molecule has 1 aromatic heterocycles. The fraction of sp³-hybridized carbons (Fsp3) is 0.267. The highest BCUT2D eigenvalue weighted by Gasteiger charge is 2.27. The summed E-state index contributed by atoms with van der Waals surface area (Å²) in [5.74, 6) is 1.38. The number of rotatable bonds is 2. The second-order valence-electron chi connectivity index (χ2n) is 4.79. The number of aromatic nitrogens is 1. The largest absolute Gasteiger partial charge is 0.493 e. The van der Waals surface area contributed by atoms with Gasteiger partial charge in [-0.3, -0.25) is 0 Å². The standard InChI is InChI=1S/C15H15BrN2O/c1-10-9-19-13-7-3-2-5-11(13)14(10)18-12-6-4-8-17-15(12)16/h2-8,10,14,18H,9H2,1H3. The van der Waals surface area contributed by atoms with Crippen LogP contribution in [0.1, 0.15) is 18.5 Å². The van der Waals surface area contributed by atoms with Gasteiger partial charge in [0.05, 0.1) is 18.3 Å². The monoisotopic (exact) mass is 318 g/mol. The van der Waals surface area contributed by atoms with Gasteiger partial charge in [0.2, 0.25) is 0 Å². The first kappa shape index (κ1) is 12.5. The minimum atomic E-state index is 0.241. The SMILES string of the molecule is CC1COc2ccccc2C1Nc1cccnc1Br. The number of para-hydroxylation sites is 1. The van der Waals surface area contributed by atoms with Gasteiger partial charge in [0.25, 0.3) is 0 Å². The first-order valence-electron chi connectivity index (χ1n) is 6.34. The molecule has 0 saturated heterocycles. The second kappa shape index (κ2) is 5.21. The molecule has 2 atom stereocenters. The van der Waals surface area contributed by atoms with Crippen LogP contribution >= 0.6 is 15.9 Å². The van der Waals surface area contributed by atoms with Crippen LogP contribution in [0.4, 0.5) is 5.69 Å². The molecule has 0 bridgehead atoms. The predicted octanol–water partition coefficient (Wildman–Crippen LogP) is 4.03. The highest BCUT2D eigenvalue weighted by Crippen LogP contribution is 2.38. The first-order valence-corrected chi connectivity index (χ1v) is 7.14. The van der Waals surface area contributed by atoms with E-state index in [4.69, 9.17) is 4.74 Å². The molecule has 0 aliphatic carbocycles. The van der Waals surface area contributed by atoms with Gasteiger partial charge >= 0.3 is 0 Å². The lowest BCUT2D eigenvalue weighted by molar-refractivity contribution is 0.214. The van der Waals surface area contributed by atoms with Crippen molar-refractivity contribution in [2.75, 3.05) is 11.9 Å². The van der Waals surface area contributed by atoms with Crippen LogP contribution < -0.4 is 10.1 Å². The van der Waals surface area contributed by atoms with E-state index in [0.29, 0.717) is 5.92 Å². The molecule has 0 saturated carbocycles. The lowest BCUT2D eigenvalue weighted by Crippen LogP contribution is -2.28. The Kier molecular flexibility index (Phi) is 3.42. The lowest BCUT2D eigenvalue weighted by Gasteiger charge is -2.32. The zero-order valence-corrected chi connectivity index (χ0v) is 12.2. The Morgan fingerprint density at radius 2 is 2.11 bits per heavy atom. The summed E-state index contributed by atoms with van der Waals surface area (Å²) in [6, 6.07) is 12.4. The molecule has 0 fully saturated rings. The number of pyridine rings is 1. The van der Waals surface area contributed by atoms with Crippen molar-refractivity contribution in [1.29, 1.82) is 0 Å². The summed E-state index contributed by atoms with van der Waals surface area (Å²) in [7, 11) is 0. The fourth-order valence-corrected chi connectivity index (χ4v) is 2.74. The van der Waals surface area contributed by atoms with E-state index in [1.807, 2.05) is 30.3 Å². The average molecular weight is 319 g/mol. The highest BCUT2D eigenvalue weighted by molar-refractivity contribution is 9.10. The molecule has 19 heavy (non-hydrogen) atoms. The maximum Gasteiger partial charge on any atom is 0.129 e. The number of halogens is 1. The topological polar surface area (TPSA) is 34.1 Å². The van der Waals surface area contributed by atoms with Crippen LogP contribution in [0.5, 0.6) is 5.75 Å². The van der Waals surface area contributed by atoms with E-state index < -0.39 is 0 Å². The number of anilines is 1. The van der Waals surface area contributed by atoms with Crippen molar-refractivity contribution < 1.29 is 4.74 Å². The molecule has 1 N–H and O–H groups in total. The van der Waals surface area contributed by atoms with Crippen molar-refractivity contribution in [3.63, 3.8) is 0 Å². The summed E-state index contributed by atoms with van der Waals surface area (Å²) < 4.78 is 6.61. The Hall–Kier alpha value is -1.55. The maximum atomic E-state index is 5.77. The molecule has 4 heteroatoms. The highest BCUT2D eigenvalue weighted by atomic mass is 79.9. The van der Waals surface area contributed by atoms with Gasteiger partial charge in [-0.05, 0) is 34.1 Å². The Labute approximate surface area is 121 Å². The van der Waals surface area contributed by atoms with Crippen molar-refractivity contribution in [2.24, 2.45) is 5.92 Å². The number of nitrogens with zero attached hydrogens (tertiary/aromatic N) is 1. The average Bonchev–Trinajstić information content (AvgIpc) is 2.44. The number of hydrogen-bond acceptors (Lipinski definition) is 3. The van der Waals surface area contributed by atoms with E-state index in [9.17, 15) is 0 Å². The van der Waals surface area contributed by atoms with Crippen LogP contribution in [-0.4, -0.2) is 11.6 Å². The van der Waals surface area contributed by atoms with Crippen LogP contribution in [0.2, 0.25) is 0 Å². The number of fused-ring (bicyclic) bond motifs is 1. The predicted molar refractivity (Wildman–Crippen MR) is 79.4 cm³/mol. The van der Waals surface area contributed by atoms with E-state index in [-0.39, 0.29) is 6.04 Å². The second-order valence-corrected chi connectivity index (χ2v) is 5.54.